The van der Waals surface area contributed by atoms with E-state index in [1.54, 1.807) is 32.2 Å². The van der Waals surface area contributed by atoms with Crippen LogP contribution in [0.2, 0.25) is 0 Å². The van der Waals surface area contributed by atoms with Crippen LogP contribution in [0.1, 0.15) is 11.1 Å². The Hall–Kier alpha value is -2.67. The van der Waals surface area contributed by atoms with E-state index in [1.807, 2.05) is 30.3 Å². The lowest BCUT2D eigenvalue weighted by atomic mass is 10.1. The molecule has 0 radical (unpaired) electrons. The molecular formula is C21H22BrNO5. The monoisotopic (exact) mass is 447 g/mol. The molecule has 0 saturated heterocycles. The van der Waals surface area contributed by atoms with Crippen molar-refractivity contribution in [3.05, 3.63) is 52.0 Å². The third-order valence-electron chi connectivity index (χ3n) is 4.29. The highest BCUT2D eigenvalue weighted by atomic mass is 79.9. The number of hydrogen-bond donors (Lipinski definition) is 0. The number of hydrogen-bond acceptors (Lipinski definition) is 5. The quantitative estimate of drug-likeness (QED) is 0.628. The summed E-state index contributed by atoms with van der Waals surface area (Å²) in [4.78, 5) is 14.2. The second-order valence-corrected chi connectivity index (χ2v) is 7.15. The van der Waals surface area contributed by atoms with Crippen molar-refractivity contribution in [3.63, 3.8) is 0 Å². The van der Waals surface area contributed by atoms with Crippen LogP contribution in [0.4, 0.5) is 0 Å². The molecule has 0 aliphatic carbocycles. The van der Waals surface area contributed by atoms with Gasteiger partial charge in [-0.3, -0.25) is 4.79 Å². The maximum atomic E-state index is 12.5. The summed E-state index contributed by atoms with van der Waals surface area (Å²) in [6, 6.07) is 9.36. The lowest BCUT2D eigenvalue weighted by molar-refractivity contribution is -0.125. The van der Waals surface area contributed by atoms with Crippen molar-refractivity contribution in [1.82, 2.24) is 4.90 Å². The molecule has 0 fully saturated rings. The Labute approximate surface area is 172 Å². The van der Waals surface area contributed by atoms with Gasteiger partial charge in [-0.1, -0.05) is 15.9 Å². The summed E-state index contributed by atoms with van der Waals surface area (Å²) in [7, 11) is 4.94. The summed E-state index contributed by atoms with van der Waals surface area (Å²) < 4.78 is 22.9. The van der Waals surface area contributed by atoms with E-state index in [0.29, 0.717) is 37.0 Å². The number of carbonyl (C=O) groups excluding carboxylic acids is 1. The Kier molecular flexibility index (Phi) is 6.46. The van der Waals surface area contributed by atoms with Gasteiger partial charge in [-0.05, 0) is 42.0 Å². The van der Waals surface area contributed by atoms with Crippen molar-refractivity contribution in [2.24, 2.45) is 0 Å². The van der Waals surface area contributed by atoms with Gasteiger partial charge in [0.05, 0.1) is 14.2 Å². The Bertz CT molecular complexity index is 879. The Morgan fingerprint density at radius 3 is 2.64 bits per heavy atom. The minimum atomic E-state index is -0.129. The molecule has 28 heavy (non-hydrogen) atoms. The number of carbonyl (C=O) groups is 1. The number of nitrogens with zero attached hydrogens (tertiary/aromatic N) is 1. The van der Waals surface area contributed by atoms with E-state index in [9.17, 15) is 4.79 Å². The maximum Gasteiger partial charge on any atom is 0.246 e. The van der Waals surface area contributed by atoms with Crippen molar-refractivity contribution in [1.29, 1.82) is 0 Å². The second kappa shape index (κ2) is 9.01. The number of fused-ring (bicyclic) bond motifs is 1. The average molecular weight is 448 g/mol. The van der Waals surface area contributed by atoms with Crippen molar-refractivity contribution < 1.29 is 23.7 Å². The van der Waals surface area contributed by atoms with Crippen LogP contribution >= 0.6 is 15.9 Å². The fraction of sp³-hybridized carbons (Fsp3) is 0.286. The van der Waals surface area contributed by atoms with Crippen LogP contribution in [0, 0.1) is 0 Å². The van der Waals surface area contributed by atoms with E-state index in [-0.39, 0.29) is 5.91 Å². The third-order valence-corrected chi connectivity index (χ3v) is 4.79. The van der Waals surface area contributed by atoms with E-state index < -0.39 is 0 Å². The molecule has 0 saturated carbocycles. The molecule has 1 amide bonds. The van der Waals surface area contributed by atoms with Crippen LogP contribution in [-0.4, -0.2) is 45.3 Å². The van der Waals surface area contributed by atoms with Crippen LogP contribution in [-0.2, 0) is 11.3 Å². The summed E-state index contributed by atoms with van der Waals surface area (Å²) >= 11 is 3.45. The molecule has 0 N–H and O–H groups in total. The molecule has 0 bridgehead atoms. The highest BCUT2D eigenvalue weighted by Gasteiger charge is 2.18. The summed E-state index contributed by atoms with van der Waals surface area (Å²) in [5, 5.41) is 0. The largest absolute Gasteiger partial charge is 0.496 e. The first kappa shape index (κ1) is 20.1. The van der Waals surface area contributed by atoms with Gasteiger partial charge in [0.1, 0.15) is 19.0 Å². The van der Waals surface area contributed by atoms with Crippen molar-refractivity contribution in [2.45, 2.75) is 6.54 Å². The van der Waals surface area contributed by atoms with Crippen LogP contribution in [0.5, 0.6) is 23.0 Å². The first-order valence-electron chi connectivity index (χ1n) is 8.75. The van der Waals surface area contributed by atoms with Gasteiger partial charge in [-0.25, -0.2) is 0 Å². The predicted molar refractivity (Wildman–Crippen MR) is 110 cm³/mol. The zero-order valence-electron chi connectivity index (χ0n) is 16.0. The highest BCUT2D eigenvalue weighted by molar-refractivity contribution is 9.10. The topological polar surface area (TPSA) is 57.2 Å². The molecule has 0 unspecified atom stereocenters. The number of benzene rings is 2. The minimum Gasteiger partial charge on any atom is -0.496 e. The molecule has 148 valence electrons. The number of rotatable bonds is 6. The normalized spacial score (nSPS) is 12.7. The fourth-order valence-corrected chi connectivity index (χ4v) is 3.30. The molecule has 0 aromatic heterocycles. The average Bonchev–Trinajstić information content (AvgIpc) is 2.71. The van der Waals surface area contributed by atoms with Gasteiger partial charge in [-0.15, -0.1) is 0 Å². The number of ether oxygens (including phenoxy) is 4. The summed E-state index contributed by atoms with van der Waals surface area (Å²) in [6.45, 7) is 1.40. The first-order chi connectivity index (χ1) is 13.5. The maximum absolute atomic E-state index is 12.5. The van der Waals surface area contributed by atoms with E-state index >= 15 is 0 Å². The Morgan fingerprint density at radius 1 is 1.14 bits per heavy atom. The smallest absolute Gasteiger partial charge is 0.246 e. The Morgan fingerprint density at radius 2 is 1.89 bits per heavy atom. The van der Waals surface area contributed by atoms with Crippen LogP contribution in [0.25, 0.3) is 6.08 Å². The standard InChI is InChI=1S/C21H22BrNO5/c1-23(13-15-12-16(22)5-6-17(15)25-2)20(24)7-4-14-10-18(26-3)21-19(11-14)27-8-9-28-21/h4-7,10-12H,8-9,13H2,1-3H3/b7-4+. The lowest BCUT2D eigenvalue weighted by Crippen LogP contribution is -2.24. The number of likely N-dealkylation sites (N-methyl/N-ethyl adjacent to an activating group) is 1. The third kappa shape index (κ3) is 4.59. The van der Waals surface area contributed by atoms with Crippen LogP contribution < -0.4 is 18.9 Å². The number of halogens is 1. The summed E-state index contributed by atoms with van der Waals surface area (Å²) in [6.07, 6.45) is 3.26. The van der Waals surface area contributed by atoms with E-state index in [2.05, 4.69) is 15.9 Å². The van der Waals surface area contributed by atoms with Crippen molar-refractivity contribution in [2.75, 3.05) is 34.5 Å². The molecule has 0 atom stereocenters. The first-order valence-corrected chi connectivity index (χ1v) is 9.54. The fourth-order valence-electron chi connectivity index (χ4n) is 2.89. The minimum absolute atomic E-state index is 0.129. The molecular weight excluding hydrogens is 426 g/mol. The molecule has 1 aliphatic heterocycles. The van der Waals surface area contributed by atoms with Crippen molar-refractivity contribution >= 4 is 27.9 Å². The van der Waals surface area contributed by atoms with Gasteiger partial charge >= 0.3 is 0 Å². The van der Waals surface area contributed by atoms with Gasteiger partial charge in [0.25, 0.3) is 0 Å². The van der Waals surface area contributed by atoms with E-state index in [0.717, 1.165) is 21.3 Å². The number of methoxy groups -OCH3 is 2. The van der Waals surface area contributed by atoms with E-state index in [1.165, 1.54) is 6.08 Å². The van der Waals surface area contributed by atoms with Crippen LogP contribution in [0.3, 0.4) is 0 Å². The Balaban J connectivity index is 1.74. The summed E-state index contributed by atoms with van der Waals surface area (Å²) in [5.41, 5.74) is 1.71. The zero-order chi connectivity index (χ0) is 20.1. The molecule has 1 heterocycles. The van der Waals surface area contributed by atoms with Gasteiger partial charge < -0.3 is 23.8 Å². The molecule has 1 aliphatic rings. The lowest BCUT2D eigenvalue weighted by Gasteiger charge is -2.21. The highest BCUT2D eigenvalue weighted by Crippen LogP contribution is 2.40. The molecule has 3 rings (SSSR count). The van der Waals surface area contributed by atoms with Crippen LogP contribution in [0.15, 0.2) is 40.9 Å². The van der Waals surface area contributed by atoms with Gasteiger partial charge in [0.15, 0.2) is 11.5 Å². The molecule has 2 aromatic carbocycles. The van der Waals surface area contributed by atoms with Gasteiger partial charge in [0.2, 0.25) is 11.7 Å². The van der Waals surface area contributed by atoms with Crippen molar-refractivity contribution in [3.8, 4) is 23.0 Å². The predicted octanol–water partition coefficient (Wildman–Crippen LogP) is 3.91. The zero-order valence-corrected chi connectivity index (χ0v) is 17.6. The second-order valence-electron chi connectivity index (χ2n) is 6.23. The molecule has 2 aromatic rings. The molecule has 0 spiro atoms. The van der Waals surface area contributed by atoms with Gasteiger partial charge in [0, 0.05) is 29.7 Å². The number of amides is 1. The SMILES string of the molecule is COc1ccc(Br)cc1CN(C)C(=O)/C=C/c1cc(OC)c2c(c1)OCCO2. The molecule has 6 nitrogen and oxygen atoms in total. The molecule has 7 heteroatoms. The van der Waals surface area contributed by atoms with Gasteiger partial charge in [-0.2, -0.15) is 0 Å². The summed E-state index contributed by atoms with van der Waals surface area (Å²) in [5.74, 6) is 2.40. The van der Waals surface area contributed by atoms with E-state index in [4.69, 9.17) is 18.9 Å².